The fourth-order valence-corrected chi connectivity index (χ4v) is 6.18. The third kappa shape index (κ3) is 5.48. The summed E-state index contributed by atoms with van der Waals surface area (Å²) in [5.41, 5.74) is 1.87. The monoisotopic (exact) mass is 583 g/mol. The molecule has 3 fully saturated rings. The Kier molecular flexibility index (Phi) is 8.12. The fourth-order valence-electron chi connectivity index (χ4n) is 5.62. The molecule has 3 aliphatic rings. The molecule has 2 aromatic rings. The number of methoxy groups -OCH3 is 2. The van der Waals surface area contributed by atoms with Gasteiger partial charge in [0.05, 0.1) is 30.4 Å². The maximum absolute atomic E-state index is 13.6. The molecule has 9 heteroatoms. The van der Waals surface area contributed by atoms with Gasteiger partial charge >= 0.3 is 0 Å². The quantitative estimate of drug-likeness (QED) is 0.471. The third-order valence-electron chi connectivity index (χ3n) is 7.66. The summed E-state index contributed by atoms with van der Waals surface area (Å²) in [6.45, 7) is 2.71. The van der Waals surface area contributed by atoms with Gasteiger partial charge < -0.3 is 28.9 Å². The molecular formula is C29H34BrN3O5. The average molecular weight is 585 g/mol. The second-order valence-corrected chi connectivity index (χ2v) is 10.7. The third-order valence-corrected chi connectivity index (χ3v) is 8.28. The number of anilines is 1. The summed E-state index contributed by atoms with van der Waals surface area (Å²) < 4.78 is 17.9. The van der Waals surface area contributed by atoms with Crippen molar-refractivity contribution in [2.24, 2.45) is 0 Å². The molecule has 0 N–H and O–H groups in total. The highest BCUT2D eigenvalue weighted by molar-refractivity contribution is 9.10. The van der Waals surface area contributed by atoms with Gasteiger partial charge in [-0.25, -0.2) is 0 Å². The van der Waals surface area contributed by atoms with E-state index in [4.69, 9.17) is 14.2 Å². The van der Waals surface area contributed by atoms with Crippen molar-refractivity contribution in [3.63, 3.8) is 0 Å². The average Bonchev–Trinajstić information content (AvgIpc) is 2.95. The molecule has 1 aliphatic carbocycles. The van der Waals surface area contributed by atoms with Gasteiger partial charge in [0.1, 0.15) is 24.1 Å². The zero-order valence-electron chi connectivity index (χ0n) is 21.9. The Morgan fingerprint density at radius 3 is 2.50 bits per heavy atom. The molecule has 38 heavy (non-hydrogen) atoms. The van der Waals surface area contributed by atoms with Gasteiger partial charge in [-0.15, -0.1) is 0 Å². The molecule has 0 spiro atoms. The first-order valence-corrected chi connectivity index (χ1v) is 14.0. The second-order valence-electron chi connectivity index (χ2n) is 9.88. The predicted octanol–water partition coefficient (Wildman–Crippen LogP) is 4.33. The van der Waals surface area contributed by atoms with Gasteiger partial charge in [0.25, 0.3) is 5.91 Å². The van der Waals surface area contributed by atoms with Crippen LogP contribution in [-0.4, -0.2) is 80.7 Å². The van der Waals surface area contributed by atoms with E-state index in [0.717, 1.165) is 47.2 Å². The molecule has 2 aliphatic heterocycles. The number of nitrogens with zero attached hydrogens (tertiary/aromatic N) is 3. The number of morpholine rings is 1. The Labute approximate surface area is 232 Å². The van der Waals surface area contributed by atoms with E-state index >= 15 is 0 Å². The summed E-state index contributed by atoms with van der Waals surface area (Å²) in [5, 5.41) is 0. The molecule has 2 aromatic carbocycles. The number of benzene rings is 2. The van der Waals surface area contributed by atoms with Gasteiger partial charge in [0.2, 0.25) is 5.91 Å². The summed E-state index contributed by atoms with van der Waals surface area (Å²) in [5.74, 6) is 1.60. The second kappa shape index (κ2) is 11.7. The number of para-hydroxylation sites is 2. The Morgan fingerprint density at radius 1 is 1.03 bits per heavy atom. The van der Waals surface area contributed by atoms with Crippen molar-refractivity contribution in [2.75, 3.05) is 51.8 Å². The van der Waals surface area contributed by atoms with E-state index in [2.05, 4.69) is 20.8 Å². The number of carbonyl (C=O) groups excluding carboxylic acids is 2. The molecular weight excluding hydrogens is 550 g/mol. The lowest BCUT2D eigenvalue weighted by atomic mass is 9.89. The van der Waals surface area contributed by atoms with Crippen molar-refractivity contribution >= 4 is 39.5 Å². The number of rotatable bonds is 6. The highest BCUT2D eigenvalue weighted by atomic mass is 79.9. The number of piperazine rings is 1. The van der Waals surface area contributed by atoms with Crippen LogP contribution in [0, 0.1) is 0 Å². The lowest BCUT2D eigenvalue weighted by Gasteiger charge is -2.45. The topological polar surface area (TPSA) is 71.6 Å². The molecule has 202 valence electrons. The van der Waals surface area contributed by atoms with Gasteiger partial charge in [-0.05, 0) is 71.1 Å². The van der Waals surface area contributed by atoms with Crippen molar-refractivity contribution in [1.29, 1.82) is 0 Å². The molecule has 2 atom stereocenters. The van der Waals surface area contributed by atoms with E-state index in [1.807, 2.05) is 47.4 Å². The van der Waals surface area contributed by atoms with Crippen LogP contribution in [0.5, 0.6) is 11.5 Å². The Balaban J connectivity index is 1.29. The maximum atomic E-state index is 13.6. The van der Waals surface area contributed by atoms with Crippen LogP contribution in [0.25, 0.3) is 6.08 Å². The molecule has 5 rings (SSSR count). The van der Waals surface area contributed by atoms with E-state index in [-0.39, 0.29) is 30.5 Å². The largest absolute Gasteiger partial charge is 0.496 e. The van der Waals surface area contributed by atoms with Crippen LogP contribution in [0.2, 0.25) is 0 Å². The first-order chi connectivity index (χ1) is 18.5. The Hall–Kier alpha value is -3.20. The molecule has 8 nitrogen and oxygen atoms in total. The number of carbonyl (C=O) groups is 2. The van der Waals surface area contributed by atoms with E-state index in [0.29, 0.717) is 37.7 Å². The van der Waals surface area contributed by atoms with Crippen LogP contribution >= 0.6 is 15.9 Å². The smallest absolute Gasteiger partial charge is 0.289 e. The number of amides is 2. The SMILES string of the molecule is COc1ccc(/C=C2\OC3CCCCC3N(CC(=O)N3CCN(c4ccccc4OC)CC3)C2=O)cc1Br. The number of fused-ring (bicyclic) bond motifs is 1. The maximum Gasteiger partial charge on any atom is 0.289 e. The molecule has 0 radical (unpaired) electrons. The zero-order chi connectivity index (χ0) is 26.6. The van der Waals surface area contributed by atoms with E-state index < -0.39 is 0 Å². The summed E-state index contributed by atoms with van der Waals surface area (Å²) in [6, 6.07) is 13.5. The highest BCUT2D eigenvalue weighted by Crippen LogP contribution is 2.34. The first-order valence-electron chi connectivity index (χ1n) is 13.2. The van der Waals surface area contributed by atoms with Gasteiger partial charge in [-0.2, -0.15) is 0 Å². The van der Waals surface area contributed by atoms with E-state index in [9.17, 15) is 9.59 Å². The van der Waals surface area contributed by atoms with Crippen LogP contribution in [0.4, 0.5) is 5.69 Å². The standard InChI is InChI=1S/C29H34BrN3O5/c1-36-24-12-11-20(17-21(24)30)18-27-29(35)33(23-8-4-6-10-26(23)38-27)19-28(34)32-15-13-31(14-16-32)22-7-3-5-9-25(22)37-2/h3,5,7,9,11-12,17-18,23,26H,4,6,8,10,13-16,19H2,1-2H3/b27-18-. The van der Waals surface area contributed by atoms with E-state index in [1.165, 1.54) is 0 Å². The molecule has 2 heterocycles. The summed E-state index contributed by atoms with van der Waals surface area (Å²) in [4.78, 5) is 32.9. The van der Waals surface area contributed by atoms with Crippen molar-refractivity contribution in [1.82, 2.24) is 9.80 Å². The van der Waals surface area contributed by atoms with Gasteiger partial charge in [-0.1, -0.05) is 24.6 Å². The minimum Gasteiger partial charge on any atom is -0.496 e. The van der Waals surface area contributed by atoms with Gasteiger partial charge in [-0.3, -0.25) is 9.59 Å². The lowest BCUT2D eigenvalue weighted by Crippen LogP contribution is -2.58. The molecule has 1 saturated carbocycles. The van der Waals surface area contributed by atoms with Crippen LogP contribution < -0.4 is 14.4 Å². The van der Waals surface area contributed by atoms with Crippen LogP contribution in [0.3, 0.4) is 0 Å². The van der Waals surface area contributed by atoms with Crippen LogP contribution in [0.15, 0.2) is 52.7 Å². The van der Waals surface area contributed by atoms with Crippen molar-refractivity contribution in [3.8, 4) is 11.5 Å². The molecule has 0 aromatic heterocycles. The minimum atomic E-state index is -0.221. The van der Waals surface area contributed by atoms with Gasteiger partial charge in [0, 0.05) is 26.2 Å². The molecule has 2 amide bonds. The summed E-state index contributed by atoms with van der Waals surface area (Å²) in [6.07, 6.45) is 5.50. The highest BCUT2D eigenvalue weighted by Gasteiger charge is 2.42. The normalized spacial score (nSPS) is 22.7. The number of hydrogen-bond donors (Lipinski definition) is 0. The minimum absolute atomic E-state index is 0.0178. The Bertz CT molecular complexity index is 1210. The Morgan fingerprint density at radius 2 is 1.76 bits per heavy atom. The van der Waals surface area contributed by atoms with Gasteiger partial charge in [0.15, 0.2) is 5.76 Å². The summed E-state index contributed by atoms with van der Waals surface area (Å²) >= 11 is 3.51. The number of hydrogen-bond acceptors (Lipinski definition) is 6. The molecule has 2 saturated heterocycles. The zero-order valence-corrected chi connectivity index (χ0v) is 23.5. The number of halogens is 1. The van der Waals surface area contributed by atoms with Crippen molar-refractivity contribution in [2.45, 2.75) is 37.8 Å². The lowest BCUT2D eigenvalue weighted by molar-refractivity contribution is -0.154. The van der Waals surface area contributed by atoms with Crippen molar-refractivity contribution in [3.05, 3.63) is 58.3 Å². The molecule has 0 bridgehead atoms. The fraction of sp³-hybridized carbons (Fsp3) is 0.448. The summed E-state index contributed by atoms with van der Waals surface area (Å²) in [7, 11) is 3.29. The van der Waals surface area contributed by atoms with Crippen molar-refractivity contribution < 1.29 is 23.8 Å². The molecule has 2 unspecified atom stereocenters. The predicted molar refractivity (Wildman–Crippen MR) is 149 cm³/mol. The van der Waals surface area contributed by atoms with Crippen LogP contribution in [0.1, 0.15) is 31.2 Å². The van der Waals surface area contributed by atoms with Crippen LogP contribution in [-0.2, 0) is 14.3 Å². The van der Waals surface area contributed by atoms with E-state index in [1.54, 1.807) is 25.2 Å². The first kappa shape index (κ1) is 26.4. The number of ether oxygens (including phenoxy) is 3.